The summed E-state index contributed by atoms with van der Waals surface area (Å²) in [6.45, 7) is 6.46. The minimum Gasteiger partial charge on any atom is -0.356 e. The maximum Gasteiger partial charge on any atom is 0.274 e. The molecular weight excluding hydrogens is 322 g/mol. The average Bonchev–Trinajstić information content (AvgIpc) is 2.58. The van der Waals surface area contributed by atoms with E-state index < -0.39 is 11.3 Å². The van der Waals surface area contributed by atoms with Gasteiger partial charge in [0.15, 0.2) is 0 Å². The van der Waals surface area contributed by atoms with Crippen LogP contribution in [-0.2, 0) is 11.3 Å². The van der Waals surface area contributed by atoms with E-state index in [1.165, 1.54) is 6.07 Å². The Balaban J connectivity index is 2.11. The lowest BCUT2D eigenvalue weighted by atomic mass is 9.96. The highest BCUT2D eigenvalue weighted by molar-refractivity contribution is 5.97. The number of hydrogen-bond acceptors (Lipinski definition) is 4. The first-order valence-corrected chi connectivity index (χ1v) is 8.10. The summed E-state index contributed by atoms with van der Waals surface area (Å²) in [4.78, 5) is 35.9. The fraction of sp³-hybridized carbons (Fsp3) is 0.389. The van der Waals surface area contributed by atoms with Crippen molar-refractivity contribution in [2.45, 2.75) is 33.7 Å². The second kappa shape index (κ2) is 7.48. The van der Waals surface area contributed by atoms with Gasteiger partial charge < -0.3 is 9.88 Å². The summed E-state index contributed by atoms with van der Waals surface area (Å²) < 4.78 is 1.55. The number of rotatable bonds is 5. The Morgan fingerprint density at radius 2 is 1.92 bits per heavy atom. The Labute approximate surface area is 145 Å². The van der Waals surface area contributed by atoms with Crippen LogP contribution in [0.25, 0.3) is 10.8 Å². The Kier molecular flexibility index (Phi) is 5.58. The zero-order valence-corrected chi connectivity index (χ0v) is 14.6. The number of aromatic nitrogens is 1. The maximum atomic E-state index is 12.6. The van der Waals surface area contributed by atoms with Gasteiger partial charge in [0.05, 0.1) is 0 Å². The third kappa shape index (κ3) is 4.45. The van der Waals surface area contributed by atoms with Crippen molar-refractivity contribution >= 4 is 22.6 Å². The number of hydroxylamine groups is 1. The Morgan fingerprint density at radius 1 is 1.20 bits per heavy atom. The van der Waals surface area contributed by atoms with Crippen LogP contribution in [0.4, 0.5) is 0 Å². The van der Waals surface area contributed by atoms with Gasteiger partial charge >= 0.3 is 0 Å². The first-order valence-electron chi connectivity index (χ1n) is 8.10. The number of fused-ring (bicyclic) bond motifs is 1. The maximum absolute atomic E-state index is 12.6. The van der Waals surface area contributed by atoms with E-state index in [2.05, 4.69) is 5.32 Å². The Morgan fingerprint density at radius 3 is 2.56 bits per heavy atom. The second-order valence-corrected chi connectivity index (χ2v) is 6.92. The van der Waals surface area contributed by atoms with Crippen LogP contribution in [0.15, 0.2) is 35.3 Å². The molecule has 0 bridgehead atoms. The number of amides is 2. The van der Waals surface area contributed by atoms with Gasteiger partial charge in [-0.15, -0.1) is 0 Å². The normalized spacial score (nSPS) is 11.4. The number of nitrogens with one attached hydrogen (secondary N) is 2. The molecule has 0 aliphatic rings. The van der Waals surface area contributed by atoms with E-state index in [4.69, 9.17) is 5.21 Å². The van der Waals surface area contributed by atoms with Gasteiger partial charge in [-0.2, -0.15) is 0 Å². The molecule has 1 aromatic heterocycles. The smallest absolute Gasteiger partial charge is 0.274 e. The highest BCUT2D eigenvalue weighted by atomic mass is 16.5. The van der Waals surface area contributed by atoms with E-state index in [1.807, 2.05) is 20.8 Å². The second-order valence-electron chi connectivity index (χ2n) is 6.92. The summed E-state index contributed by atoms with van der Waals surface area (Å²) in [6.07, 6.45) is 2.31. The van der Waals surface area contributed by atoms with Crippen molar-refractivity contribution in [3.8, 4) is 0 Å². The molecule has 0 unspecified atom stereocenters. The Hall–Kier alpha value is -2.67. The van der Waals surface area contributed by atoms with Crippen molar-refractivity contribution in [2.24, 2.45) is 5.41 Å². The topological polar surface area (TPSA) is 100 Å². The molecule has 2 amide bonds. The highest BCUT2D eigenvalue weighted by Crippen LogP contribution is 2.13. The number of carbonyl (C=O) groups excluding carboxylic acids is 2. The lowest BCUT2D eigenvalue weighted by Gasteiger charge is -2.17. The van der Waals surface area contributed by atoms with E-state index in [9.17, 15) is 14.4 Å². The van der Waals surface area contributed by atoms with Gasteiger partial charge in [-0.3, -0.25) is 19.6 Å². The molecule has 7 nitrogen and oxygen atoms in total. The Bertz CT molecular complexity index is 850. The van der Waals surface area contributed by atoms with Gasteiger partial charge in [0.25, 0.3) is 11.5 Å². The van der Waals surface area contributed by atoms with Crippen molar-refractivity contribution in [1.29, 1.82) is 0 Å². The van der Waals surface area contributed by atoms with E-state index in [1.54, 1.807) is 34.4 Å². The molecule has 0 saturated heterocycles. The fourth-order valence-electron chi connectivity index (χ4n) is 2.38. The zero-order valence-electron chi connectivity index (χ0n) is 14.6. The van der Waals surface area contributed by atoms with E-state index >= 15 is 0 Å². The lowest BCUT2D eigenvalue weighted by Crippen LogP contribution is -2.35. The summed E-state index contributed by atoms with van der Waals surface area (Å²) in [7, 11) is 0. The zero-order chi connectivity index (χ0) is 18.6. The van der Waals surface area contributed by atoms with Crippen LogP contribution in [0.2, 0.25) is 0 Å². The molecule has 1 aromatic carbocycles. The van der Waals surface area contributed by atoms with Crippen LogP contribution >= 0.6 is 0 Å². The molecule has 7 heteroatoms. The molecule has 3 N–H and O–H groups in total. The average molecular weight is 345 g/mol. The highest BCUT2D eigenvalue weighted by Gasteiger charge is 2.20. The molecule has 2 aromatic rings. The van der Waals surface area contributed by atoms with Gasteiger partial charge in [0, 0.05) is 35.7 Å². The molecule has 0 aliphatic heterocycles. The molecule has 1 heterocycles. The SMILES string of the molecule is CC(C)(C)C(=O)NCCCn1ccc2ccc(C(=O)NO)cc2c1=O. The summed E-state index contributed by atoms with van der Waals surface area (Å²) >= 11 is 0. The quantitative estimate of drug-likeness (QED) is 0.436. The van der Waals surface area contributed by atoms with Crippen LogP contribution in [0.5, 0.6) is 0 Å². The molecule has 0 saturated carbocycles. The van der Waals surface area contributed by atoms with Crippen LogP contribution < -0.4 is 16.4 Å². The third-order valence-electron chi connectivity index (χ3n) is 3.88. The molecule has 0 atom stereocenters. The molecule has 25 heavy (non-hydrogen) atoms. The molecule has 134 valence electrons. The molecule has 0 spiro atoms. The summed E-state index contributed by atoms with van der Waals surface area (Å²) in [5.74, 6) is -0.695. The van der Waals surface area contributed by atoms with Crippen LogP contribution in [-0.4, -0.2) is 28.1 Å². The van der Waals surface area contributed by atoms with Crippen molar-refractivity contribution in [3.63, 3.8) is 0 Å². The number of nitrogens with zero attached hydrogens (tertiary/aromatic N) is 1. The van der Waals surface area contributed by atoms with Gasteiger partial charge in [-0.05, 0) is 30.0 Å². The minimum absolute atomic E-state index is 0.0296. The molecule has 0 fully saturated rings. The summed E-state index contributed by atoms with van der Waals surface area (Å²) in [5.41, 5.74) is 1.11. The van der Waals surface area contributed by atoms with Crippen LogP contribution in [0, 0.1) is 5.41 Å². The third-order valence-corrected chi connectivity index (χ3v) is 3.88. The van der Waals surface area contributed by atoms with Crippen molar-refractivity contribution < 1.29 is 14.8 Å². The predicted octanol–water partition coefficient (Wildman–Crippen LogP) is 1.67. The molecule has 0 aliphatic carbocycles. The number of benzene rings is 1. The number of hydrogen-bond donors (Lipinski definition) is 3. The summed E-state index contributed by atoms with van der Waals surface area (Å²) in [5, 5.41) is 12.7. The van der Waals surface area contributed by atoms with E-state index in [0.717, 1.165) is 5.39 Å². The van der Waals surface area contributed by atoms with Gasteiger partial charge in [0.2, 0.25) is 5.91 Å². The first kappa shape index (κ1) is 18.7. The van der Waals surface area contributed by atoms with Crippen LogP contribution in [0.3, 0.4) is 0 Å². The van der Waals surface area contributed by atoms with E-state index in [-0.39, 0.29) is 17.0 Å². The molecule has 0 radical (unpaired) electrons. The lowest BCUT2D eigenvalue weighted by molar-refractivity contribution is -0.128. The van der Waals surface area contributed by atoms with Gasteiger partial charge in [-0.1, -0.05) is 26.8 Å². The van der Waals surface area contributed by atoms with Crippen molar-refractivity contribution in [3.05, 3.63) is 46.4 Å². The van der Waals surface area contributed by atoms with E-state index in [0.29, 0.717) is 24.9 Å². The van der Waals surface area contributed by atoms with Crippen molar-refractivity contribution in [2.75, 3.05) is 6.54 Å². The number of carbonyl (C=O) groups is 2. The van der Waals surface area contributed by atoms with Crippen molar-refractivity contribution in [1.82, 2.24) is 15.4 Å². The largest absolute Gasteiger partial charge is 0.356 e. The molecule has 2 rings (SSSR count). The predicted molar refractivity (Wildman–Crippen MR) is 94.5 cm³/mol. The summed E-state index contributed by atoms with van der Waals surface area (Å²) in [6, 6.07) is 6.46. The standard InChI is InChI=1S/C18H23N3O4/c1-18(2,3)17(24)19-8-4-9-21-10-7-12-5-6-13(15(22)20-25)11-14(12)16(21)23/h5-7,10-11,25H,4,8-9H2,1-3H3,(H,19,24)(H,20,22). The van der Waals surface area contributed by atoms with Gasteiger partial charge in [0.1, 0.15) is 0 Å². The number of pyridine rings is 1. The monoisotopic (exact) mass is 345 g/mol. The van der Waals surface area contributed by atoms with Gasteiger partial charge in [-0.25, -0.2) is 5.48 Å². The molecular formula is C18H23N3O4. The number of aryl methyl sites for hydroxylation is 1. The fourth-order valence-corrected chi connectivity index (χ4v) is 2.38. The minimum atomic E-state index is -0.665. The first-order chi connectivity index (χ1) is 11.7. The van der Waals surface area contributed by atoms with Crippen LogP contribution in [0.1, 0.15) is 37.6 Å².